The van der Waals surface area contributed by atoms with E-state index in [1.165, 1.54) is 6.42 Å². The summed E-state index contributed by atoms with van der Waals surface area (Å²) in [4.78, 5) is 8.72. The number of hydrogen-bond donors (Lipinski definition) is 1. The minimum atomic E-state index is -0.307. The highest BCUT2D eigenvalue weighted by atomic mass is 19.1. The molecule has 1 fully saturated rings. The number of hydrogen-bond acceptors (Lipinski definition) is 3. The zero-order chi connectivity index (χ0) is 13.1. The lowest BCUT2D eigenvalue weighted by atomic mass is 10.1. The standard InChI is InChI=1S/C14H22FN3/c1-4-7-16-14-12(15)10(3)17-13(18-14)11-6-5-9(2)8-11/h9,11H,4-8H2,1-3H3,(H,16,17,18). The van der Waals surface area contributed by atoms with Gasteiger partial charge in [0.2, 0.25) is 0 Å². The molecule has 2 rings (SSSR count). The molecule has 100 valence electrons. The Morgan fingerprint density at radius 2 is 2.11 bits per heavy atom. The van der Waals surface area contributed by atoms with Crippen molar-refractivity contribution in [1.29, 1.82) is 0 Å². The van der Waals surface area contributed by atoms with E-state index in [2.05, 4.69) is 29.1 Å². The van der Waals surface area contributed by atoms with Crippen LogP contribution in [0.3, 0.4) is 0 Å². The molecule has 0 aromatic carbocycles. The first-order valence-electron chi connectivity index (χ1n) is 6.89. The lowest BCUT2D eigenvalue weighted by Crippen LogP contribution is -2.11. The molecule has 1 aromatic rings. The maximum atomic E-state index is 13.9. The van der Waals surface area contributed by atoms with Gasteiger partial charge in [-0.05, 0) is 38.5 Å². The Morgan fingerprint density at radius 1 is 1.33 bits per heavy atom. The van der Waals surface area contributed by atoms with E-state index in [4.69, 9.17) is 0 Å². The van der Waals surface area contributed by atoms with Crippen molar-refractivity contribution in [2.75, 3.05) is 11.9 Å². The van der Waals surface area contributed by atoms with Crippen LogP contribution >= 0.6 is 0 Å². The molecule has 2 unspecified atom stereocenters. The van der Waals surface area contributed by atoms with Crippen LogP contribution in [0.2, 0.25) is 0 Å². The van der Waals surface area contributed by atoms with Crippen LogP contribution < -0.4 is 5.32 Å². The van der Waals surface area contributed by atoms with Gasteiger partial charge in [0.25, 0.3) is 0 Å². The Bertz CT molecular complexity index is 420. The van der Waals surface area contributed by atoms with E-state index in [1.54, 1.807) is 6.92 Å². The predicted molar refractivity (Wildman–Crippen MR) is 71.3 cm³/mol. The summed E-state index contributed by atoms with van der Waals surface area (Å²) in [7, 11) is 0. The maximum absolute atomic E-state index is 13.9. The predicted octanol–water partition coefficient (Wildman–Crippen LogP) is 3.65. The van der Waals surface area contributed by atoms with Gasteiger partial charge in [-0.15, -0.1) is 0 Å². The number of nitrogens with one attached hydrogen (secondary N) is 1. The molecule has 1 heterocycles. The van der Waals surface area contributed by atoms with Gasteiger partial charge in [-0.2, -0.15) is 0 Å². The van der Waals surface area contributed by atoms with Crippen LogP contribution in [0, 0.1) is 18.7 Å². The summed E-state index contributed by atoms with van der Waals surface area (Å²) in [5.41, 5.74) is 0.457. The molecular formula is C14H22FN3. The van der Waals surface area contributed by atoms with E-state index in [0.717, 1.165) is 37.5 Å². The van der Waals surface area contributed by atoms with Gasteiger partial charge in [0.15, 0.2) is 11.6 Å². The molecule has 0 amide bonds. The molecule has 2 atom stereocenters. The van der Waals surface area contributed by atoms with Crippen molar-refractivity contribution in [3.8, 4) is 0 Å². The average molecular weight is 251 g/mol. The molecule has 1 aliphatic rings. The first kappa shape index (κ1) is 13.2. The maximum Gasteiger partial charge on any atom is 0.186 e. The molecule has 0 radical (unpaired) electrons. The van der Waals surface area contributed by atoms with Crippen LogP contribution in [0.25, 0.3) is 0 Å². The molecular weight excluding hydrogens is 229 g/mol. The van der Waals surface area contributed by atoms with E-state index in [-0.39, 0.29) is 5.82 Å². The van der Waals surface area contributed by atoms with Gasteiger partial charge < -0.3 is 5.32 Å². The zero-order valence-corrected chi connectivity index (χ0v) is 11.5. The Labute approximate surface area is 108 Å². The molecule has 1 N–H and O–H groups in total. The number of rotatable bonds is 4. The van der Waals surface area contributed by atoms with Crippen LogP contribution in [0.5, 0.6) is 0 Å². The molecule has 1 saturated carbocycles. The molecule has 0 aliphatic heterocycles. The number of aromatic nitrogens is 2. The van der Waals surface area contributed by atoms with Crippen molar-refractivity contribution in [3.63, 3.8) is 0 Å². The lowest BCUT2D eigenvalue weighted by molar-refractivity contribution is 0.567. The Kier molecular flexibility index (Phi) is 4.15. The van der Waals surface area contributed by atoms with Gasteiger partial charge in [0.05, 0.1) is 5.69 Å². The van der Waals surface area contributed by atoms with E-state index in [1.807, 2.05) is 0 Å². The van der Waals surface area contributed by atoms with Crippen molar-refractivity contribution in [2.24, 2.45) is 5.92 Å². The van der Waals surface area contributed by atoms with Crippen molar-refractivity contribution in [2.45, 2.75) is 52.4 Å². The molecule has 0 spiro atoms. The van der Waals surface area contributed by atoms with Crippen LogP contribution in [-0.2, 0) is 0 Å². The molecule has 1 aliphatic carbocycles. The van der Waals surface area contributed by atoms with Gasteiger partial charge >= 0.3 is 0 Å². The van der Waals surface area contributed by atoms with Gasteiger partial charge in [-0.1, -0.05) is 13.8 Å². The molecule has 0 bridgehead atoms. The smallest absolute Gasteiger partial charge is 0.186 e. The number of aryl methyl sites for hydroxylation is 1. The molecule has 4 heteroatoms. The fourth-order valence-corrected chi connectivity index (χ4v) is 2.57. The summed E-state index contributed by atoms with van der Waals surface area (Å²) < 4.78 is 13.9. The molecule has 18 heavy (non-hydrogen) atoms. The van der Waals surface area contributed by atoms with Crippen molar-refractivity contribution in [3.05, 3.63) is 17.3 Å². The Balaban J connectivity index is 2.23. The summed E-state index contributed by atoms with van der Waals surface area (Å²) in [5.74, 6) is 2.02. The minimum Gasteiger partial charge on any atom is -0.368 e. The third-order valence-corrected chi connectivity index (χ3v) is 3.64. The van der Waals surface area contributed by atoms with E-state index < -0.39 is 0 Å². The van der Waals surface area contributed by atoms with Crippen LogP contribution in [0.15, 0.2) is 0 Å². The fraction of sp³-hybridized carbons (Fsp3) is 0.714. The van der Waals surface area contributed by atoms with Crippen LogP contribution in [0.1, 0.15) is 57.0 Å². The van der Waals surface area contributed by atoms with E-state index in [0.29, 0.717) is 17.4 Å². The Hall–Kier alpha value is -1.19. The molecule has 0 saturated heterocycles. The molecule has 3 nitrogen and oxygen atoms in total. The highest BCUT2D eigenvalue weighted by Crippen LogP contribution is 2.37. The quantitative estimate of drug-likeness (QED) is 0.887. The van der Waals surface area contributed by atoms with Crippen molar-refractivity contribution in [1.82, 2.24) is 9.97 Å². The fourth-order valence-electron chi connectivity index (χ4n) is 2.57. The highest BCUT2D eigenvalue weighted by Gasteiger charge is 2.26. The van der Waals surface area contributed by atoms with Crippen molar-refractivity contribution >= 4 is 5.82 Å². The summed E-state index contributed by atoms with van der Waals surface area (Å²) in [6.07, 6.45) is 4.43. The Morgan fingerprint density at radius 3 is 2.72 bits per heavy atom. The summed E-state index contributed by atoms with van der Waals surface area (Å²) in [5, 5.41) is 3.05. The topological polar surface area (TPSA) is 37.8 Å². The first-order valence-corrected chi connectivity index (χ1v) is 6.89. The van der Waals surface area contributed by atoms with Gasteiger partial charge in [-0.25, -0.2) is 14.4 Å². The third kappa shape index (κ3) is 2.79. The SMILES string of the molecule is CCCNc1nc(C2CCC(C)C2)nc(C)c1F. The van der Waals surface area contributed by atoms with Gasteiger partial charge in [-0.3, -0.25) is 0 Å². The van der Waals surface area contributed by atoms with E-state index >= 15 is 0 Å². The van der Waals surface area contributed by atoms with E-state index in [9.17, 15) is 4.39 Å². The number of anilines is 1. The summed E-state index contributed by atoms with van der Waals surface area (Å²) in [6.45, 7) is 6.77. The third-order valence-electron chi connectivity index (χ3n) is 3.64. The van der Waals surface area contributed by atoms with Crippen LogP contribution in [-0.4, -0.2) is 16.5 Å². The van der Waals surface area contributed by atoms with Crippen molar-refractivity contribution < 1.29 is 4.39 Å². The lowest BCUT2D eigenvalue weighted by Gasteiger charge is -2.13. The zero-order valence-electron chi connectivity index (χ0n) is 11.5. The highest BCUT2D eigenvalue weighted by molar-refractivity contribution is 5.38. The second-order valence-corrected chi connectivity index (χ2v) is 5.37. The number of halogens is 1. The van der Waals surface area contributed by atoms with Gasteiger partial charge in [0, 0.05) is 12.5 Å². The second kappa shape index (κ2) is 5.63. The number of nitrogens with zero attached hydrogens (tertiary/aromatic N) is 2. The normalized spacial score (nSPS) is 23.3. The van der Waals surface area contributed by atoms with Crippen LogP contribution in [0.4, 0.5) is 10.2 Å². The largest absolute Gasteiger partial charge is 0.368 e. The van der Waals surface area contributed by atoms with Gasteiger partial charge in [0.1, 0.15) is 5.82 Å². The summed E-state index contributed by atoms with van der Waals surface area (Å²) >= 11 is 0. The monoisotopic (exact) mass is 251 g/mol. The minimum absolute atomic E-state index is 0.307. The summed E-state index contributed by atoms with van der Waals surface area (Å²) in [6, 6.07) is 0. The molecule has 1 aromatic heterocycles. The average Bonchev–Trinajstić information content (AvgIpc) is 2.77. The second-order valence-electron chi connectivity index (χ2n) is 5.37. The first-order chi connectivity index (χ1) is 8.61.